The smallest absolute Gasteiger partial charge is 0.228 e. The van der Waals surface area contributed by atoms with E-state index in [-0.39, 0.29) is 0 Å². The van der Waals surface area contributed by atoms with Crippen molar-refractivity contribution in [3.8, 4) is 0 Å². The molecule has 0 radical (unpaired) electrons. The molecule has 1 heterocycles. The van der Waals surface area contributed by atoms with E-state index >= 15 is 0 Å². The Morgan fingerprint density at radius 1 is 1.44 bits per heavy atom. The monoisotopic (exact) mass is 253 g/mol. The van der Waals surface area contributed by atoms with Crippen LogP contribution in [0.15, 0.2) is 4.52 Å². The van der Waals surface area contributed by atoms with Gasteiger partial charge in [-0.3, -0.25) is 0 Å². The molecule has 0 spiro atoms. The maximum absolute atomic E-state index is 5.39. The maximum atomic E-state index is 5.39. The number of aromatic nitrogens is 2. The van der Waals surface area contributed by atoms with Gasteiger partial charge in [-0.1, -0.05) is 19.0 Å². The molecule has 1 atom stereocenters. The third kappa shape index (κ3) is 4.07. The molecule has 0 bridgehead atoms. The number of hydrogen-bond acceptors (Lipinski definition) is 5. The van der Waals surface area contributed by atoms with E-state index in [2.05, 4.69) is 29.3 Å². The van der Waals surface area contributed by atoms with Crippen molar-refractivity contribution in [1.29, 1.82) is 0 Å². The Hall–Kier alpha value is -0.940. The lowest BCUT2D eigenvalue weighted by Gasteiger charge is -2.14. The highest BCUT2D eigenvalue weighted by atomic mass is 16.5. The Morgan fingerprint density at radius 2 is 2.28 bits per heavy atom. The quantitative estimate of drug-likeness (QED) is 0.681. The van der Waals surface area contributed by atoms with E-state index in [0.717, 1.165) is 37.8 Å². The number of nitrogens with zero attached hydrogens (tertiary/aromatic N) is 2. The summed E-state index contributed by atoms with van der Waals surface area (Å²) < 4.78 is 10.7. The summed E-state index contributed by atoms with van der Waals surface area (Å²) in [6, 6.07) is 0.486. The highest BCUT2D eigenvalue weighted by Crippen LogP contribution is 2.33. The number of likely N-dealkylation sites (N-methyl/N-ethyl adjacent to an activating group) is 1. The van der Waals surface area contributed by atoms with Crippen LogP contribution in [0.25, 0.3) is 0 Å². The SMILES string of the molecule is CCCOCc1noc(CC(NCC)C2CC2)n1. The van der Waals surface area contributed by atoms with Gasteiger partial charge in [0.2, 0.25) is 5.89 Å². The summed E-state index contributed by atoms with van der Waals surface area (Å²) >= 11 is 0. The van der Waals surface area contributed by atoms with E-state index in [9.17, 15) is 0 Å². The molecule has 1 N–H and O–H groups in total. The molecule has 102 valence electrons. The zero-order valence-electron chi connectivity index (χ0n) is 11.3. The summed E-state index contributed by atoms with van der Waals surface area (Å²) in [6.07, 6.45) is 4.48. The number of ether oxygens (including phenoxy) is 1. The van der Waals surface area contributed by atoms with Gasteiger partial charge in [0.15, 0.2) is 5.82 Å². The Balaban J connectivity index is 1.80. The first-order chi connectivity index (χ1) is 8.83. The zero-order chi connectivity index (χ0) is 12.8. The van der Waals surface area contributed by atoms with Crippen molar-refractivity contribution in [1.82, 2.24) is 15.5 Å². The molecule has 5 nitrogen and oxygen atoms in total. The molecule has 1 fully saturated rings. The summed E-state index contributed by atoms with van der Waals surface area (Å²) in [5, 5.41) is 7.44. The summed E-state index contributed by atoms with van der Waals surface area (Å²) in [5.41, 5.74) is 0. The molecule has 1 saturated carbocycles. The lowest BCUT2D eigenvalue weighted by molar-refractivity contribution is 0.114. The fourth-order valence-electron chi connectivity index (χ4n) is 2.09. The molecule has 2 rings (SSSR count). The lowest BCUT2D eigenvalue weighted by Crippen LogP contribution is -2.33. The molecule has 0 aliphatic heterocycles. The Morgan fingerprint density at radius 3 is 2.94 bits per heavy atom. The minimum absolute atomic E-state index is 0.451. The third-order valence-electron chi connectivity index (χ3n) is 3.14. The van der Waals surface area contributed by atoms with E-state index in [1.807, 2.05) is 0 Å². The van der Waals surface area contributed by atoms with Gasteiger partial charge in [0.1, 0.15) is 6.61 Å². The van der Waals surface area contributed by atoms with Crippen LogP contribution in [0.2, 0.25) is 0 Å². The van der Waals surface area contributed by atoms with Crippen LogP contribution in [0.5, 0.6) is 0 Å². The highest BCUT2D eigenvalue weighted by Gasteiger charge is 2.31. The van der Waals surface area contributed by atoms with Gasteiger partial charge in [-0.25, -0.2) is 0 Å². The first-order valence-corrected chi connectivity index (χ1v) is 6.96. The van der Waals surface area contributed by atoms with Gasteiger partial charge in [0, 0.05) is 19.1 Å². The fraction of sp³-hybridized carbons (Fsp3) is 0.846. The van der Waals surface area contributed by atoms with Crippen molar-refractivity contribution >= 4 is 0 Å². The van der Waals surface area contributed by atoms with Crippen LogP contribution in [0.4, 0.5) is 0 Å². The van der Waals surface area contributed by atoms with E-state index < -0.39 is 0 Å². The molecular weight excluding hydrogens is 230 g/mol. The third-order valence-corrected chi connectivity index (χ3v) is 3.14. The van der Waals surface area contributed by atoms with Gasteiger partial charge in [0.05, 0.1) is 0 Å². The van der Waals surface area contributed by atoms with Crippen molar-refractivity contribution in [2.45, 2.75) is 52.2 Å². The van der Waals surface area contributed by atoms with Crippen molar-refractivity contribution in [2.75, 3.05) is 13.2 Å². The largest absolute Gasteiger partial charge is 0.373 e. The molecule has 1 unspecified atom stereocenters. The molecule has 1 aromatic rings. The highest BCUT2D eigenvalue weighted by molar-refractivity contribution is 4.94. The van der Waals surface area contributed by atoms with Crippen molar-refractivity contribution in [3.05, 3.63) is 11.7 Å². The Kier molecular flexibility index (Phi) is 5.13. The second-order valence-corrected chi connectivity index (χ2v) is 4.86. The number of rotatable bonds is 9. The van der Waals surface area contributed by atoms with E-state index in [4.69, 9.17) is 9.26 Å². The van der Waals surface area contributed by atoms with Gasteiger partial charge in [-0.2, -0.15) is 4.98 Å². The van der Waals surface area contributed by atoms with Gasteiger partial charge in [-0.15, -0.1) is 0 Å². The molecule has 0 amide bonds. The zero-order valence-corrected chi connectivity index (χ0v) is 11.3. The predicted octanol–water partition coefficient (Wildman–Crippen LogP) is 1.93. The van der Waals surface area contributed by atoms with E-state index in [0.29, 0.717) is 18.5 Å². The van der Waals surface area contributed by atoms with Gasteiger partial charge in [-0.05, 0) is 31.7 Å². The van der Waals surface area contributed by atoms with Crippen LogP contribution >= 0.6 is 0 Å². The van der Waals surface area contributed by atoms with Crippen LogP contribution in [-0.2, 0) is 17.8 Å². The van der Waals surface area contributed by atoms with Crippen LogP contribution in [0, 0.1) is 5.92 Å². The average Bonchev–Trinajstić information content (AvgIpc) is 3.12. The molecule has 1 aromatic heterocycles. The first-order valence-electron chi connectivity index (χ1n) is 6.96. The molecule has 18 heavy (non-hydrogen) atoms. The standard InChI is InChI=1S/C13H23N3O2/c1-3-7-17-9-12-15-13(18-16-12)8-11(14-4-2)10-5-6-10/h10-11,14H,3-9H2,1-2H3. The molecule has 0 saturated heterocycles. The summed E-state index contributed by atoms with van der Waals surface area (Å²) in [7, 11) is 0. The molecule has 1 aliphatic rings. The van der Waals surface area contributed by atoms with Gasteiger partial charge in [0.25, 0.3) is 0 Å². The minimum Gasteiger partial charge on any atom is -0.373 e. The van der Waals surface area contributed by atoms with E-state index in [1.165, 1.54) is 12.8 Å². The fourth-order valence-corrected chi connectivity index (χ4v) is 2.09. The molecule has 0 aromatic carbocycles. The average molecular weight is 253 g/mol. The first kappa shape index (κ1) is 13.5. The maximum Gasteiger partial charge on any atom is 0.228 e. The van der Waals surface area contributed by atoms with Crippen LogP contribution in [0.1, 0.15) is 44.8 Å². The summed E-state index contributed by atoms with van der Waals surface area (Å²) in [4.78, 5) is 4.37. The molecular formula is C13H23N3O2. The van der Waals surface area contributed by atoms with E-state index in [1.54, 1.807) is 0 Å². The Bertz CT molecular complexity index is 350. The Labute approximate surface area is 108 Å². The van der Waals surface area contributed by atoms with Crippen molar-refractivity contribution in [3.63, 3.8) is 0 Å². The van der Waals surface area contributed by atoms with Gasteiger partial charge >= 0.3 is 0 Å². The number of hydrogen-bond donors (Lipinski definition) is 1. The number of nitrogens with one attached hydrogen (secondary N) is 1. The van der Waals surface area contributed by atoms with Crippen molar-refractivity contribution < 1.29 is 9.26 Å². The van der Waals surface area contributed by atoms with Crippen molar-refractivity contribution in [2.24, 2.45) is 5.92 Å². The topological polar surface area (TPSA) is 60.2 Å². The lowest BCUT2D eigenvalue weighted by atomic mass is 10.1. The molecule has 1 aliphatic carbocycles. The summed E-state index contributed by atoms with van der Waals surface area (Å²) in [5.74, 6) is 2.17. The van der Waals surface area contributed by atoms with Crippen LogP contribution in [-0.4, -0.2) is 29.3 Å². The van der Waals surface area contributed by atoms with Crippen LogP contribution < -0.4 is 5.32 Å². The van der Waals surface area contributed by atoms with Crippen LogP contribution in [0.3, 0.4) is 0 Å². The molecule has 5 heteroatoms. The second kappa shape index (κ2) is 6.85. The normalized spacial score (nSPS) is 17.0. The minimum atomic E-state index is 0.451. The summed E-state index contributed by atoms with van der Waals surface area (Å²) in [6.45, 7) is 6.39. The van der Waals surface area contributed by atoms with Gasteiger partial charge < -0.3 is 14.6 Å². The predicted molar refractivity (Wildman–Crippen MR) is 68.1 cm³/mol. The second-order valence-electron chi connectivity index (χ2n) is 4.86.